The standard InChI is InChI=1S/C18H24BrClN2O3/c1-4-5-8-25-18(24)21-6-7-22(13(3)23)17(12(21)2)14-9-15(19)11-16(20)10-14/h9-12,17H,4-8H2,1-3H3. The number of benzene rings is 1. The molecule has 7 heteroatoms. The van der Waals surface area contributed by atoms with Crippen molar-refractivity contribution in [3.8, 4) is 0 Å². The van der Waals surface area contributed by atoms with Gasteiger partial charge >= 0.3 is 6.09 Å². The number of nitrogens with zero attached hydrogens (tertiary/aromatic N) is 2. The van der Waals surface area contributed by atoms with Crippen molar-refractivity contribution in [2.24, 2.45) is 0 Å². The highest BCUT2D eigenvalue weighted by molar-refractivity contribution is 9.10. The van der Waals surface area contributed by atoms with Gasteiger partial charge in [0.1, 0.15) is 0 Å². The molecule has 0 saturated carbocycles. The summed E-state index contributed by atoms with van der Waals surface area (Å²) in [6.45, 7) is 6.89. The second kappa shape index (κ2) is 8.90. The number of ether oxygens (including phenoxy) is 1. The van der Waals surface area contributed by atoms with E-state index in [1.165, 1.54) is 0 Å². The van der Waals surface area contributed by atoms with E-state index >= 15 is 0 Å². The molecule has 0 spiro atoms. The predicted molar refractivity (Wildman–Crippen MR) is 102 cm³/mol. The topological polar surface area (TPSA) is 49.9 Å². The van der Waals surface area contributed by atoms with E-state index in [1.54, 1.807) is 22.8 Å². The molecular weight excluding hydrogens is 408 g/mol. The van der Waals surface area contributed by atoms with Gasteiger partial charge in [0.05, 0.1) is 18.7 Å². The molecule has 138 valence electrons. The first kappa shape index (κ1) is 20.0. The molecule has 2 atom stereocenters. The zero-order valence-electron chi connectivity index (χ0n) is 14.8. The molecule has 0 bridgehead atoms. The molecule has 1 aromatic rings. The van der Waals surface area contributed by atoms with Crippen molar-refractivity contribution in [2.45, 2.75) is 45.7 Å². The van der Waals surface area contributed by atoms with Crippen molar-refractivity contribution >= 4 is 39.5 Å². The maximum atomic E-state index is 12.4. The van der Waals surface area contributed by atoms with Crippen LogP contribution in [0, 0.1) is 0 Å². The van der Waals surface area contributed by atoms with Crippen molar-refractivity contribution in [3.63, 3.8) is 0 Å². The van der Waals surface area contributed by atoms with E-state index in [2.05, 4.69) is 22.9 Å². The van der Waals surface area contributed by atoms with Crippen LogP contribution < -0.4 is 0 Å². The molecule has 2 rings (SSSR count). The van der Waals surface area contributed by atoms with E-state index in [0.717, 1.165) is 22.9 Å². The van der Waals surface area contributed by atoms with E-state index in [1.807, 2.05) is 19.1 Å². The molecule has 1 saturated heterocycles. The number of hydrogen-bond acceptors (Lipinski definition) is 3. The van der Waals surface area contributed by atoms with Gasteiger partial charge in [-0.25, -0.2) is 4.79 Å². The lowest BCUT2D eigenvalue weighted by atomic mass is 9.95. The number of hydrogen-bond donors (Lipinski definition) is 0. The Bertz CT molecular complexity index is 620. The molecule has 5 nitrogen and oxygen atoms in total. The molecular formula is C18H24BrClN2O3. The zero-order valence-corrected chi connectivity index (χ0v) is 17.1. The molecule has 1 aliphatic heterocycles. The van der Waals surface area contributed by atoms with Gasteiger partial charge in [-0.3, -0.25) is 4.79 Å². The fraction of sp³-hybridized carbons (Fsp3) is 0.556. The van der Waals surface area contributed by atoms with Gasteiger partial charge in [-0.2, -0.15) is 0 Å². The van der Waals surface area contributed by atoms with Gasteiger partial charge in [0.2, 0.25) is 5.91 Å². The summed E-state index contributed by atoms with van der Waals surface area (Å²) in [5, 5.41) is 0.586. The minimum atomic E-state index is -0.324. The highest BCUT2D eigenvalue weighted by atomic mass is 79.9. The van der Waals surface area contributed by atoms with Crippen LogP contribution in [0.2, 0.25) is 5.02 Å². The van der Waals surface area contributed by atoms with Crippen molar-refractivity contribution < 1.29 is 14.3 Å². The van der Waals surface area contributed by atoms with Crippen LogP contribution in [0.5, 0.6) is 0 Å². The zero-order chi connectivity index (χ0) is 18.6. The third kappa shape index (κ3) is 4.88. The summed E-state index contributed by atoms with van der Waals surface area (Å²) < 4.78 is 6.21. The molecule has 0 radical (unpaired) electrons. The summed E-state index contributed by atoms with van der Waals surface area (Å²) in [4.78, 5) is 28.1. The smallest absolute Gasteiger partial charge is 0.410 e. The number of amides is 2. The summed E-state index contributed by atoms with van der Waals surface area (Å²) in [6.07, 6.45) is 1.49. The van der Waals surface area contributed by atoms with E-state index in [-0.39, 0.29) is 24.1 Å². The van der Waals surface area contributed by atoms with Gasteiger partial charge in [-0.1, -0.05) is 40.9 Å². The van der Waals surface area contributed by atoms with Crippen LogP contribution in [0.4, 0.5) is 4.79 Å². The average molecular weight is 432 g/mol. The monoisotopic (exact) mass is 430 g/mol. The fourth-order valence-corrected chi connectivity index (χ4v) is 4.08. The predicted octanol–water partition coefficient (Wildman–Crippen LogP) is 4.63. The maximum absolute atomic E-state index is 12.4. The van der Waals surface area contributed by atoms with Crippen LogP contribution in [0.15, 0.2) is 22.7 Å². The second-order valence-electron chi connectivity index (χ2n) is 6.26. The summed E-state index contributed by atoms with van der Waals surface area (Å²) >= 11 is 9.64. The van der Waals surface area contributed by atoms with E-state index in [9.17, 15) is 9.59 Å². The SMILES string of the molecule is CCCCOC(=O)N1CCN(C(C)=O)C(c2cc(Cl)cc(Br)c2)C1C. The van der Waals surface area contributed by atoms with Crippen LogP contribution >= 0.6 is 27.5 Å². The van der Waals surface area contributed by atoms with Crippen molar-refractivity contribution in [1.29, 1.82) is 0 Å². The fourth-order valence-electron chi connectivity index (χ4n) is 3.19. The number of unbranched alkanes of at least 4 members (excludes halogenated alkanes) is 1. The van der Waals surface area contributed by atoms with Gasteiger partial charge < -0.3 is 14.5 Å². The first-order valence-corrected chi connectivity index (χ1v) is 9.68. The van der Waals surface area contributed by atoms with E-state index < -0.39 is 0 Å². The van der Waals surface area contributed by atoms with Crippen LogP contribution in [0.3, 0.4) is 0 Å². The molecule has 2 unspecified atom stereocenters. The number of piperazine rings is 1. The maximum Gasteiger partial charge on any atom is 0.410 e. The number of carbonyl (C=O) groups is 2. The lowest BCUT2D eigenvalue weighted by molar-refractivity contribution is -0.135. The Morgan fingerprint density at radius 2 is 1.96 bits per heavy atom. The summed E-state index contributed by atoms with van der Waals surface area (Å²) in [6, 6.07) is 5.11. The van der Waals surface area contributed by atoms with Crippen LogP contribution in [0.1, 0.15) is 45.2 Å². The quantitative estimate of drug-likeness (QED) is 0.653. The molecule has 0 aliphatic carbocycles. The van der Waals surface area contributed by atoms with Crippen LogP contribution in [0.25, 0.3) is 0 Å². The van der Waals surface area contributed by atoms with Crippen LogP contribution in [-0.4, -0.2) is 47.5 Å². The van der Waals surface area contributed by atoms with Crippen molar-refractivity contribution in [2.75, 3.05) is 19.7 Å². The largest absolute Gasteiger partial charge is 0.449 e. The van der Waals surface area contributed by atoms with Gasteiger partial charge in [-0.05, 0) is 37.1 Å². The Kier molecular flexibility index (Phi) is 7.14. The molecule has 0 aromatic heterocycles. The van der Waals surface area contributed by atoms with Gasteiger partial charge in [-0.15, -0.1) is 0 Å². The third-order valence-corrected chi connectivity index (χ3v) is 5.13. The van der Waals surface area contributed by atoms with Crippen molar-refractivity contribution in [3.05, 3.63) is 33.3 Å². The van der Waals surface area contributed by atoms with Crippen LogP contribution in [-0.2, 0) is 9.53 Å². The second-order valence-corrected chi connectivity index (χ2v) is 7.61. The average Bonchev–Trinajstić information content (AvgIpc) is 2.53. The Labute approximate surface area is 162 Å². The Hall–Kier alpha value is -1.27. The summed E-state index contributed by atoms with van der Waals surface area (Å²) in [7, 11) is 0. The number of rotatable bonds is 4. The van der Waals surface area contributed by atoms with Crippen molar-refractivity contribution in [1.82, 2.24) is 9.80 Å². The lowest BCUT2D eigenvalue weighted by Crippen LogP contribution is -2.56. The third-order valence-electron chi connectivity index (χ3n) is 4.45. The van der Waals surface area contributed by atoms with Gasteiger partial charge in [0.25, 0.3) is 0 Å². The lowest BCUT2D eigenvalue weighted by Gasteiger charge is -2.45. The first-order chi connectivity index (χ1) is 11.8. The molecule has 1 fully saturated rings. The molecule has 1 heterocycles. The number of halogens is 2. The van der Waals surface area contributed by atoms with E-state index in [0.29, 0.717) is 24.7 Å². The first-order valence-electron chi connectivity index (χ1n) is 8.51. The highest BCUT2D eigenvalue weighted by Gasteiger charge is 2.39. The Balaban J connectivity index is 2.28. The highest BCUT2D eigenvalue weighted by Crippen LogP contribution is 2.34. The summed E-state index contributed by atoms with van der Waals surface area (Å²) in [5.41, 5.74) is 0.896. The van der Waals surface area contributed by atoms with Gasteiger partial charge in [0, 0.05) is 29.5 Å². The normalized spacial score (nSPS) is 20.5. The molecule has 1 aromatic carbocycles. The number of carbonyl (C=O) groups excluding carboxylic acids is 2. The minimum absolute atomic E-state index is 0.0213. The molecule has 25 heavy (non-hydrogen) atoms. The molecule has 0 N–H and O–H groups in total. The molecule has 2 amide bonds. The Morgan fingerprint density at radius 3 is 2.56 bits per heavy atom. The summed E-state index contributed by atoms with van der Waals surface area (Å²) in [5.74, 6) is -0.0213. The van der Waals surface area contributed by atoms with Gasteiger partial charge in [0.15, 0.2) is 0 Å². The molecule has 1 aliphatic rings. The Morgan fingerprint density at radius 1 is 1.28 bits per heavy atom. The van der Waals surface area contributed by atoms with E-state index in [4.69, 9.17) is 16.3 Å². The minimum Gasteiger partial charge on any atom is -0.449 e.